The van der Waals surface area contributed by atoms with Crippen LogP contribution in [0, 0.1) is 5.92 Å². The first kappa shape index (κ1) is 87.1. The number of rotatable bonds is 70. The SMILES string of the molecule is CCCCCCCCCCCCCCCCCCCC(=O)O[C@H](COC(=O)CCCCCCCCCCCCCCCCCC)COP(=O)(O)OC[C@@H](O)COP(=O)(O)OC[C@@H](COC(=O)CCCCCCC)OC(=O)CCCCCCCCCCC(C)C. The lowest BCUT2D eigenvalue weighted by molar-refractivity contribution is -0.161. The summed E-state index contributed by atoms with van der Waals surface area (Å²) in [6.07, 6.45) is 50.4. The fourth-order valence-corrected chi connectivity index (χ4v) is 12.2. The van der Waals surface area contributed by atoms with Crippen LogP contribution in [0.15, 0.2) is 0 Å². The maximum Gasteiger partial charge on any atom is 0.472 e. The third-order valence-electron chi connectivity index (χ3n) is 16.3. The minimum Gasteiger partial charge on any atom is -0.462 e. The summed E-state index contributed by atoms with van der Waals surface area (Å²) < 4.78 is 68.1. The van der Waals surface area contributed by atoms with E-state index in [-0.39, 0.29) is 25.7 Å². The second-order valence-corrected chi connectivity index (χ2v) is 28.7. The van der Waals surface area contributed by atoms with Crippen molar-refractivity contribution in [1.29, 1.82) is 0 Å². The third kappa shape index (κ3) is 64.6. The van der Waals surface area contributed by atoms with Crippen LogP contribution < -0.4 is 0 Å². The first-order valence-corrected chi connectivity index (χ1v) is 39.6. The van der Waals surface area contributed by atoms with Gasteiger partial charge in [0.15, 0.2) is 12.2 Å². The Hall–Kier alpha value is -1.94. The van der Waals surface area contributed by atoms with Gasteiger partial charge in [-0.15, -0.1) is 0 Å². The van der Waals surface area contributed by atoms with Gasteiger partial charge in [0.1, 0.15) is 19.3 Å². The molecule has 0 aliphatic carbocycles. The Morgan fingerprint density at radius 3 is 0.764 bits per heavy atom. The van der Waals surface area contributed by atoms with Crippen LogP contribution in [0.3, 0.4) is 0 Å². The van der Waals surface area contributed by atoms with Crippen molar-refractivity contribution in [3.63, 3.8) is 0 Å². The number of aliphatic hydroxyl groups is 1. The standard InChI is InChI=1S/C70H136O17P2/c1-6-9-12-15-17-19-21-23-25-27-29-31-33-35-40-45-50-55-69(74)87-66(60-81-68(73)54-49-44-39-34-32-30-28-26-24-22-20-18-16-13-10-7-2)62-85-89(78,79)83-58-64(71)57-82-88(76,77)84-61-65(59-80-67(72)53-48-42-14-11-8-3)86-70(75)56-51-46-41-37-36-38-43-47-52-63(4)5/h63-66,71H,6-62H2,1-5H3,(H,76,77)(H,78,79)/t64-,65+,66+/m0/s1. The zero-order valence-electron chi connectivity index (χ0n) is 57.6. The van der Waals surface area contributed by atoms with Crippen LogP contribution in [0.2, 0.25) is 0 Å². The molecule has 0 amide bonds. The second-order valence-electron chi connectivity index (χ2n) is 25.7. The Morgan fingerprint density at radius 1 is 0.303 bits per heavy atom. The van der Waals surface area contributed by atoms with Crippen LogP contribution in [0.4, 0.5) is 0 Å². The number of hydrogen-bond donors (Lipinski definition) is 3. The molecular formula is C70H136O17P2. The predicted octanol–water partition coefficient (Wildman–Crippen LogP) is 20.1. The molecule has 0 saturated heterocycles. The smallest absolute Gasteiger partial charge is 0.462 e. The number of carbonyl (C=O) groups excluding carboxylic acids is 4. The normalized spacial score (nSPS) is 14.1. The molecule has 5 atom stereocenters. The number of unbranched alkanes of at least 4 members (excludes halogenated alkanes) is 42. The van der Waals surface area contributed by atoms with E-state index in [0.717, 1.165) is 102 Å². The highest BCUT2D eigenvalue weighted by Crippen LogP contribution is 2.45. The fourth-order valence-electron chi connectivity index (χ4n) is 10.6. The van der Waals surface area contributed by atoms with E-state index in [2.05, 4.69) is 34.6 Å². The van der Waals surface area contributed by atoms with E-state index in [1.165, 1.54) is 180 Å². The van der Waals surface area contributed by atoms with Gasteiger partial charge in [0, 0.05) is 25.7 Å². The van der Waals surface area contributed by atoms with Crippen LogP contribution in [0.25, 0.3) is 0 Å². The van der Waals surface area contributed by atoms with Crippen molar-refractivity contribution in [3.05, 3.63) is 0 Å². The van der Waals surface area contributed by atoms with Gasteiger partial charge >= 0.3 is 39.5 Å². The number of phosphoric acid groups is 2. The largest absolute Gasteiger partial charge is 0.472 e. The Bertz CT molecular complexity index is 1720. The molecule has 528 valence electrons. The highest BCUT2D eigenvalue weighted by Gasteiger charge is 2.30. The van der Waals surface area contributed by atoms with Crippen molar-refractivity contribution < 1.29 is 80.2 Å². The Morgan fingerprint density at radius 2 is 0.517 bits per heavy atom. The highest BCUT2D eigenvalue weighted by atomic mass is 31.2. The quantitative estimate of drug-likeness (QED) is 0.0222. The van der Waals surface area contributed by atoms with E-state index < -0.39 is 97.5 Å². The molecule has 0 heterocycles. The molecule has 0 aromatic heterocycles. The summed E-state index contributed by atoms with van der Waals surface area (Å²) in [5, 5.41) is 10.6. The van der Waals surface area contributed by atoms with Crippen molar-refractivity contribution in [3.8, 4) is 0 Å². The molecule has 0 aliphatic rings. The van der Waals surface area contributed by atoms with Crippen LogP contribution in [0.5, 0.6) is 0 Å². The first-order valence-electron chi connectivity index (χ1n) is 36.6. The van der Waals surface area contributed by atoms with E-state index >= 15 is 0 Å². The lowest BCUT2D eigenvalue weighted by Gasteiger charge is -2.21. The van der Waals surface area contributed by atoms with Gasteiger partial charge in [-0.1, -0.05) is 311 Å². The van der Waals surface area contributed by atoms with E-state index in [1.807, 2.05) is 0 Å². The second kappa shape index (κ2) is 63.5. The van der Waals surface area contributed by atoms with E-state index in [9.17, 15) is 43.2 Å². The summed E-state index contributed by atoms with van der Waals surface area (Å²) in [4.78, 5) is 72.3. The minimum absolute atomic E-state index is 0.104. The average molecular weight is 1310 g/mol. The summed E-state index contributed by atoms with van der Waals surface area (Å²) in [6.45, 7) is 7.12. The Labute approximate surface area is 543 Å². The molecule has 0 radical (unpaired) electrons. The zero-order valence-corrected chi connectivity index (χ0v) is 59.4. The maximum absolute atomic E-state index is 13.0. The number of phosphoric ester groups is 2. The summed E-state index contributed by atoms with van der Waals surface area (Å²) in [5.41, 5.74) is 0. The molecule has 89 heavy (non-hydrogen) atoms. The van der Waals surface area contributed by atoms with Crippen LogP contribution >= 0.6 is 15.6 Å². The summed E-state index contributed by atoms with van der Waals surface area (Å²) in [6, 6.07) is 0. The fraction of sp³-hybridized carbons (Fsp3) is 0.943. The van der Waals surface area contributed by atoms with Gasteiger partial charge in [0.25, 0.3) is 0 Å². The van der Waals surface area contributed by atoms with Gasteiger partial charge in [-0.25, -0.2) is 9.13 Å². The van der Waals surface area contributed by atoms with Crippen LogP contribution in [-0.4, -0.2) is 96.7 Å². The molecule has 0 saturated carbocycles. The van der Waals surface area contributed by atoms with E-state index in [1.54, 1.807) is 0 Å². The molecule has 0 fully saturated rings. The number of ether oxygens (including phenoxy) is 4. The lowest BCUT2D eigenvalue weighted by Crippen LogP contribution is -2.30. The first-order chi connectivity index (χ1) is 43.0. The zero-order chi connectivity index (χ0) is 65.6. The lowest BCUT2D eigenvalue weighted by atomic mass is 10.0. The van der Waals surface area contributed by atoms with Crippen molar-refractivity contribution in [2.45, 2.75) is 380 Å². The number of aliphatic hydroxyl groups excluding tert-OH is 1. The molecule has 0 bridgehead atoms. The molecular weight excluding hydrogens is 1170 g/mol. The van der Waals surface area contributed by atoms with Gasteiger partial charge in [-0.3, -0.25) is 37.3 Å². The summed E-state index contributed by atoms with van der Waals surface area (Å²) in [7, 11) is -9.89. The Kier molecular flexibility index (Phi) is 62.1. The number of carbonyl (C=O) groups is 4. The molecule has 0 spiro atoms. The van der Waals surface area contributed by atoms with Crippen molar-refractivity contribution in [2.24, 2.45) is 5.92 Å². The van der Waals surface area contributed by atoms with Gasteiger partial charge in [0.2, 0.25) is 0 Å². The molecule has 2 unspecified atom stereocenters. The summed E-state index contributed by atoms with van der Waals surface area (Å²) >= 11 is 0. The molecule has 0 aromatic carbocycles. The highest BCUT2D eigenvalue weighted by molar-refractivity contribution is 7.47. The molecule has 0 aromatic rings. The van der Waals surface area contributed by atoms with Gasteiger partial charge in [0.05, 0.1) is 26.4 Å². The average Bonchev–Trinajstić information content (AvgIpc) is 3.50. The minimum atomic E-state index is -4.95. The predicted molar refractivity (Wildman–Crippen MR) is 358 cm³/mol. The Balaban J connectivity index is 5.15. The van der Waals surface area contributed by atoms with Crippen LogP contribution in [0.1, 0.15) is 362 Å². The number of esters is 4. The van der Waals surface area contributed by atoms with Crippen LogP contribution in [-0.2, 0) is 65.4 Å². The molecule has 0 rings (SSSR count). The third-order valence-corrected chi connectivity index (χ3v) is 18.2. The molecule has 19 heteroatoms. The van der Waals surface area contributed by atoms with Gasteiger partial charge < -0.3 is 33.8 Å². The number of hydrogen-bond acceptors (Lipinski definition) is 15. The molecule has 0 aliphatic heterocycles. The van der Waals surface area contributed by atoms with Crippen molar-refractivity contribution in [2.75, 3.05) is 39.6 Å². The van der Waals surface area contributed by atoms with Crippen molar-refractivity contribution >= 4 is 39.5 Å². The van der Waals surface area contributed by atoms with E-state index in [4.69, 9.17) is 37.0 Å². The van der Waals surface area contributed by atoms with Crippen molar-refractivity contribution in [1.82, 2.24) is 0 Å². The molecule has 3 N–H and O–H groups in total. The van der Waals surface area contributed by atoms with E-state index in [0.29, 0.717) is 25.7 Å². The topological polar surface area (TPSA) is 237 Å². The monoisotopic (exact) mass is 1310 g/mol. The molecule has 17 nitrogen and oxygen atoms in total. The summed E-state index contributed by atoms with van der Waals surface area (Å²) in [5.74, 6) is -1.42. The van der Waals surface area contributed by atoms with Gasteiger partial charge in [-0.05, 0) is 31.6 Å². The van der Waals surface area contributed by atoms with Gasteiger partial charge in [-0.2, -0.15) is 0 Å². The maximum atomic E-state index is 13.0.